The average Bonchev–Trinajstić information content (AvgIpc) is 2.39. The molecule has 2 aromatic carbocycles. The maximum atomic E-state index is 14.0. The average molecular weight is 351 g/mol. The molecule has 0 heterocycles. The number of carbonyl (C=O) groups is 1. The lowest BCUT2D eigenvalue weighted by Gasteiger charge is -2.22. The summed E-state index contributed by atoms with van der Waals surface area (Å²) in [6, 6.07) is 11.0. The summed E-state index contributed by atoms with van der Waals surface area (Å²) >= 11 is 3.24. The van der Waals surface area contributed by atoms with Crippen LogP contribution in [0.5, 0.6) is 0 Å². The van der Waals surface area contributed by atoms with Gasteiger partial charge in [-0.15, -0.1) is 0 Å². The second-order valence-electron chi connectivity index (χ2n) is 4.99. The number of nitrogens with two attached hydrogens (primary N) is 1. The van der Waals surface area contributed by atoms with Gasteiger partial charge < -0.3 is 10.6 Å². The van der Waals surface area contributed by atoms with Crippen molar-refractivity contribution in [2.75, 3.05) is 11.9 Å². The Balaban J connectivity index is 2.36. The smallest absolute Gasteiger partial charge is 0.253 e. The van der Waals surface area contributed by atoms with Gasteiger partial charge in [0.1, 0.15) is 5.82 Å². The monoisotopic (exact) mass is 350 g/mol. The lowest BCUT2D eigenvalue weighted by atomic mass is 10.1. The van der Waals surface area contributed by atoms with E-state index >= 15 is 0 Å². The van der Waals surface area contributed by atoms with Gasteiger partial charge in [0.05, 0.1) is 11.3 Å². The number of benzene rings is 2. The van der Waals surface area contributed by atoms with E-state index < -0.39 is 11.7 Å². The van der Waals surface area contributed by atoms with Crippen LogP contribution in [0.15, 0.2) is 40.9 Å². The molecule has 0 radical (unpaired) electrons. The van der Waals surface area contributed by atoms with Crippen LogP contribution in [0, 0.1) is 12.7 Å². The lowest BCUT2D eigenvalue weighted by molar-refractivity contribution is 0.0997. The number of hydrogen-bond acceptors (Lipinski definition) is 2. The molecule has 2 rings (SSSR count). The number of nitrogens with zero attached hydrogens (tertiary/aromatic N) is 1. The molecule has 21 heavy (non-hydrogen) atoms. The third-order valence-corrected chi connectivity index (χ3v) is 3.69. The molecule has 0 aliphatic heterocycles. The summed E-state index contributed by atoms with van der Waals surface area (Å²) in [6.45, 7) is 2.57. The quantitative estimate of drug-likeness (QED) is 0.914. The minimum Gasteiger partial charge on any atom is -0.370 e. The largest absolute Gasteiger partial charge is 0.370 e. The van der Waals surface area contributed by atoms with Gasteiger partial charge in [0.2, 0.25) is 0 Å². The van der Waals surface area contributed by atoms with Crippen LogP contribution in [0.1, 0.15) is 21.5 Å². The van der Waals surface area contributed by atoms with Crippen molar-refractivity contribution in [2.45, 2.75) is 13.5 Å². The van der Waals surface area contributed by atoms with Gasteiger partial charge in [-0.3, -0.25) is 4.79 Å². The van der Waals surface area contributed by atoms with Gasteiger partial charge in [0, 0.05) is 18.1 Å². The molecule has 0 aliphatic rings. The third-order valence-electron chi connectivity index (χ3n) is 3.23. The van der Waals surface area contributed by atoms with Crippen LogP contribution in [-0.2, 0) is 6.54 Å². The van der Waals surface area contributed by atoms with Crippen LogP contribution in [0.2, 0.25) is 0 Å². The van der Waals surface area contributed by atoms with E-state index in [9.17, 15) is 9.18 Å². The standard InChI is InChI=1S/C16H16BrFN2O/c1-10-3-5-11(6-4-10)9-20(2)14-8-12(17)7-13(18)15(14)16(19)21/h3-8H,9H2,1-2H3,(H2,19,21). The van der Waals surface area contributed by atoms with E-state index in [-0.39, 0.29) is 5.56 Å². The van der Waals surface area contributed by atoms with Gasteiger partial charge in [-0.25, -0.2) is 4.39 Å². The van der Waals surface area contributed by atoms with Gasteiger partial charge in [-0.05, 0) is 24.6 Å². The normalized spacial score (nSPS) is 10.5. The van der Waals surface area contributed by atoms with Gasteiger partial charge >= 0.3 is 0 Å². The SMILES string of the molecule is Cc1ccc(CN(C)c2cc(Br)cc(F)c2C(N)=O)cc1. The predicted octanol–water partition coefficient (Wildman–Crippen LogP) is 3.63. The zero-order valence-corrected chi connectivity index (χ0v) is 13.4. The molecule has 1 amide bonds. The molecule has 3 nitrogen and oxygen atoms in total. The Labute approximate surface area is 131 Å². The number of halogens is 2. The van der Waals surface area contributed by atoms with Crippen LogP contribution in [0.25, 0.3) is 0 Å². The minimum atomic E-state index is -0.772. The Morgan fingerprint density at radius 1 is 1.29 bits per heavy atom. The highest BCUT2D eigenvalue weighted by atomic mass is 79.9. The molecule has 2 N–H and O–H groups in total. The Kier molecular flexibility index (Phi) is 4.63. The highest BCUT2D eigenvalue weighted by Gasteiger charge is 2.18. The summed E-state index contributed by atoms with van der Waals surface area (Å²) in [5.74, 6) is -1.40. The second kappa shape index (κ2) is 6.26. The van der Waals surface area contributed by atoms with Crippen molar-refractivity contribution in [3.8, 4) is 0 Å². The van der Waals surface area contributed by atoms with Crippen molar-refractivity contribution in [1.82, 2.24) is 0 Å². The number of rotatable bonds is 4. The number of carbonyl (C=O) groups excluding carboxylic acids is 1. The van der Waals surface area contributed by atoms with Crippen molar-refractivity contribution < 1.29 is 9.18 Å². The van der Waals surface area contributed by atoms with Crippen molar-refractivity contribution in [1.29, 1.82) is 0 Å². The van der Waals surface area contributed by atoms with Crippen LogP contribution in [0.4, 0.5) is 10.1 Å². The zero-order valence-electron chi connectivity index (χ0n) is 11.9. The molecule has 0 spiro atoms. The van der Waals surface area contributed by atoms with E-state index in [2.05, 4.69) is 15.9 Å². The first-order chi connectivity index (χ1) is 9.88. The first-order valence-electron chi connectivity index (χ1n) is 6.44. The van der Waals surface area contributed by atoms with Crippen molar-refractivity contribution in [3.05, 3.63) is 63.4 Å². The fraction of sp³-hybridized carbons (Fsp3) is 0.188. The van der Waals surface area contributed by atoms with Gasteiger partial charge in [0.25, 0.3) is 5.91 Å². The summed E-state index contributed by atoms with van der Waals surface area (Å²) in [7, 11) is 1.80. The van der Waals surface area contributed by atoms with E-state index in [0.29, 0.717) is 16.7 Å². The molecular weight excluding hydrogens is 335 g/mol. The summed E-state index contributed by atoms with van der Waals surface area (Å²) in [4.78, 5) is 13.3. The van der Waals surface area contributed by atoms with Crippen LogP contribution < -0.4 is 10.6 Å². The van der Waals surface area contributed by atoms with E-state index in [4.69, 9.17) is 5.73 Å². The molecule has 0 atom stereocenters. The summed E-state index contributed by atoms with van der Waals surface area (Å²) in [5, 5.41) is 0. The van der Waals surface area contributed by atoms with Crippen LogP contribution in [0.3, 0.4) is 0 Å². The Hall–Kier alpha value is -1.88. The number of hydrogen-bond donors (Lipinski definition) is 1. The Morgan fingerprint density at radius 3 is 2.48 bits per heavy atom. The third kappa shape index (κ3) is 3.61. The Bertz CT molecular complexity index is 671. The first-order valence-corrected chi connectivity index (χ1v) is 7.23. The fourth-order valence-corrected chi connectivity index (χ4v) is 2.58. The summed E-state index contributed by atoms with van der Waals surface area (Å²) in [6.07, 6.45) is 0. The van der Waals surface area contributed by atoms with Crippen LogP contribution in [-0.4, -0.2) is 13.0 Å². The summed E-state index contributed by atoms with van der Waals surface area (Å²) in [5.41, 5.74) is 7.92. The van der Waals surface area contributed by atoms with Crippen molar-refractivity contribution in [3.63, 3.8) is 0 Å². The predicted molar refractivity (Wildman–Crippen MR) is 85.9 cm³/mol. The highest BCUT2D eigenvalue weighted by Crippen LogP contribution is 2.28. The van der Waals surface area contributed by atoms with Gasteiger partial charge in [-0.2, -0.15) is 0 Å². The molecule has 0 aromatic heterocycles. The van der Waals surface area contributed by atoms with Crippen LogP contribution >= 0.6 is 15.9 Å². The molecular formula is C16H16BrFN2O. The molecule has 110 valence electrons. The summed E-state index contributed by atoms with van der Waals surface area (Å²) < 4.78 is 14.5. The number of aryl methyl sites for hydroxylation is 1. The Morgan fingerprint density at radius 2 is 1.90 bits per heavy atom. The van der Waals surface area contributed by atoms with Gasteiger partial charge in [0.15, 0.2) is 0 Å². The van der Waals surface area contributed by atoms with E-state index in [1.165, 1.54) is 11.6 Å². The second-order valence-corrected chi connectivity index (χ2v) is 5.90. The molecule has 5 heteroatoms. The molecule has 0 aliphatic carbocycles. The highest BCUT2D eigenvalue weighted by molar-refractivity contribution is 9.10. The fourth-order valence-electron chi connectivity index (χ4n) is 2.16. The van der Waals surface area contributed by atoms with E-state index in [1.807, 2.05) is 31.2 Å². The molecule has 0 fully saturated rings. The molecule has 0 saturated heterocycles. The van der Waals surface area contributed by atoms with Crippen molar-refractivity contribution >= 4 is 27.5 Å². The lowest BCUT2D eigenvalue weighted by Crippen LogP contribution is -2.23. The molecule has 0 bridgehead atoms. The topological polar surface area (TPSA) is 46.3 Å². The first kappa shape index (κ1) is 15.5. The van der Waals surface area contributed by atoms with Gasteiger partial charge in [-0.1, -0.05) is 45.8 Å². The maximum absolute atomic E-state index is 14.0. The molecule has 0 unspecified atom stereocenters. The van der Waals surface area contributed by atoms with E-state index in [1.54, 1.807) is 18.0 Å². The molecule has 0 saturated carbocycles. The zero-order chi connectivity index (χ0) is 15.6. The minimum absolute atomic E-state index is 0.0900. The molecule has 2 aromatic rings. The maximum Gasteiger partial charge on any atom is 0.253 e. The van der Waals surface area contributed by atoms with E-state index in [0.717, 1.165) is 5.56 Å². The number of primary amides is 1. The number of anilines is 1. The number of amides is 1. The van der Waals surface area contributed by atoms with Crippen molar-refractivity contribution in [2.24, 2.45) is 5.73 Å².